The number of hydrogen-bond donors (Lipinski definition) is 1. The molecule has 3 aromatic rings. The Morgan fingerprint density at radius 3 is 3.00 bits per heavy atom. The first-order valence-electron chi connectivity index (χ1n) is 5.35. The fourth-order valence-electron chi connectivity index (χ4n) is 1.82. The van der Waals surface area contributed by atoms with E-state index in [1.54, 1.807) is 4.68 Å². The summed E-state index contributed by atoms with van der Waals surface area (Å²) in [6.07, 6.45) is 2.90. The second kappa shape index (κ2) is 4.06. The van der Waals surface area contributed by atoms with E-state index < -0.39 is 0 Å². The second-order valence-electron chi connectivity index (χ2n) is 3.98. The predicted molar refractivity (Wildman–Crippen MR) is 71.9 cm³/mol. The van der Waals surface area contributed by atoms with Gasteiger partial charge in [-0.25, -0.2) is 9.67 Å². The Kier molecular flexibility index (Phi) is 2.52. The molecule has 6 heteroatoms. The zero-order chi connectivity index (χ0) is 12.7. The smallest absolute Gasteiger partial charge is 0.261 e. The predicted octanol–water partition coefficient (Wildman–Crippen LogP) is 2.18. The number of hydrogen-bond acceptors (Lipinski definition) is 3. The van der Waals surface area contributed by atoms with Gasteiger partial charge in [0.1, 0.15) is 5.39 Å². The Labute approximate surface area is 111 Å². The highest BCUT2D eigenvalue weighted by molar-refractivity contribution is 9.10. The number of aromatic nitrogens is 4. The molecule has 0 saturated carbocycles. The summed E-state index contributed by atoms with van der Waals surface area (Å²) in [4.78, 5) is 18.3. The van der Waals surface area contributed by atoms with Crippen LogP contribution in [0.4, 0.5) is 0 Å². The van der Waals surface area contributed by atoms with Crippen LogP contribution in [0.2, 0.25) is 0 Å². The fourth-order valence-corrected chi connectivity index (χ4v) is 2.48. The van der Waals surface area contributed by atoms with Crippen LogP contribution in [0.25, 0.3) is 16.7 Å². The highest BCUT2D eigenvalue weighted by Gasteiger charge is 2.10. The Morgan fingerprint density at radius 2 is 2.22 bits per heavy atom. The van der Waals surface area contributed by atoms with Gasteiger partial charge in [0, 0.05) is 4.47 Å². The largest absolute Gasteiger partial charge is 0.312 e. The second-order valence-corrected chi connectivity index (χ2v) is 4.83. The van der Waals surface area contributed by atoms with E-state index in [-0.39, 0.29) is 5.56 Å². The van der Waals surface area contributed by atoms with Gasteiger partial charge < -0.3 is 4.98 Å². The number of benzene rings is 1. The number of H-pyrrole nitrogens is 1. The number of fused-ring (bicyclic) bond motifs is 1. The number of aromatic amines is 1. The van der Waals surface area contributed by atoms with Gasteiger partial charge in [-0.1, -0.05) is 6.07 Å². The molecule has 0 aliphatic rings. The molecule has 3 rings (SSSR count). The summed E-state index contributed by atoms with van der Waals surface area (Å²) in [5, 5.41) is 4.70. The number of rotatable bonds is 1. The fraction of sp³-hybridized carbons (Fsp3) is 0.0833. The van der Waals surface area contributed by atoms with Crippen molar-refractivity contribution in [1.82, 2.24) is 19.7 Å². The third-order valence-corrected chi connectivity index (χ3v) is 3.34. The van der Waals surface area contributed by atoms with Gasteiger partial charge in [0.15, 0.2) is 5.65 Å². The van der Waals surface area contributed by atoms with Crippen LogP contribution in [0.15, 0.2) is 40.0 Å². The maximum atomic E-state index is 11.6. The van der Waals surface area contributed by atoms with Gasteiger partial charge in [-0.15, -0.1) is 0 Å². The van der Waals surface area contributed by atoms with Crippen LogP contribution in [0, 0.1) is 6.92 Å². The maximum Gasteiger partial charge on any atom is 0.261 e. The molecule has 0 unspecified atom stereocenters. The SMILES string of the molecule is Cc1ccc(-n2ncc3c(=O)[nH]cnc32)c(Br)c1. The molecular formula is C12H9BrN4O. The van der Waals surface area contributed by atoms with Crippen molar-refractivity contribution < 1.29 is 0 Å². The van der Waals surface area contributed by atoms with E-state index in [9.17, 15) is 4.79 Å². The summed E-state index contributed by atoms with van der Waals surface area (Å²) in [6.45, 7) is 2.01. The van der Waals surface area contributed by atoms with Crippen molar-refractivity contribution in [2.24, 2.45) is 0 Å². The molecular weight excluding hydrogens is 296 g/mol. The van der Waals surface area contributed by atoms with E-state index in [1.165, 1.54) is 12.5 Å². The minimum Gasteiger partial charge on any atom is -0.312 e. The average Bonchev–Trinajstić information content (AvgIpc) is 2.74. The first-order chi connectivity index (χ1) is 8.66. The van der Waals surface area contributed by atoms with Crippen LogP contribution in [0.3, 0.4) is 0 Å². The van der Waals surface area contributed by atoms with E-state index in [2.05, 4.69) is 31.0 Å². The highest BCUT2D eigenvalue weighted by Crippen LogP contribution is 2.23. The monoisotopic (exact) mass is 304 g/mol. The lowest BCUT2D eigenvalue weighted by molar-refractivity contribution is 0.889. The van der Waals surface area contributed by atoms with Gasteiger partial charge in [0.25, 0.3) is 5.56 Å². The van der Waals surface area contributed by atoms with Crippen LogP contribution in [-0.2, 0) is 0 Å². The average molecular weight is 305 g/mol. The summed E-state index contributed by atoms with van der Waals surface area (Å²) < 4.78 is 2.56. The molecule has 0 radical (unpaired) electrons. The first-order valence-corrected chi connectivity index (χ1v) is 6.14. The van der Waals surface area contributed by atoms with Crippen molar-refractivity contribution in [2.75, 3.05) is 0 Å². The van der Waals surface area contributed by atoms with Crippen molar-refractivity contribution >= 4 is 27.0 Å². The first kappa shape index (κ1) is 11.2. The lowest BCUT2D eigenvalue weighted by atomic mass is 10.2. The topological polar surface area (TPSA) is 63.6 Å². The molecule has 1 aromatic carbocycles. The number of nitrogens with one attached hydrogen (secondary N) is 1. The lowest BCUT2D eigenvalue weighted by Crippen LogP contribution is -2.06. The summed E-state index contributed by atoms with van der Waals surface area (Å²) >= 11 is 3.50. The Hall–Kier alpha value is -1.95. The Morgan fingerprint density at radius 1 is 1.39 bits per heavy atom. The van der Waals surface area contributed by atoms with E-state index in [0.717, 1.165) is 15.7 Å². The van der Waals surface area contributed by atoms with E-state index in [4.69, 9.17) is 0 Å². The quantitative estimate of drug-likeness (QED) is 0.749. The van der Waals surface area contributed by atoms with Gasteiger partial charge in [-0.2, -0.15) is 5.10 Å². The number of aryl methyl sites for hydroxylation is 1. The Balaban J connectivity index is 2.32. The molecule has 0 bridgehead atoms. The van der Waals surface area contributed by atoms with Crippen molar-refractivity contribution in [2.45, 2.75) is 6.92 Å². The number of halogens is 1. The molecule has 0 spiro atoms. The van der Waals surface area contributed by atoms with Gasteiger partial charge in [0.05, 0.1) is 18.2 Å². The summed E-state index contributed by atoms with van der Waals surface area (Å²) in [6, 6.07) is 5.92. The molecule has 0 fully saturated rings. The van der Waals surface area contributed by atoms with Crippen LogP contribution in [0.1, 0.15) is 5.56 Å². The van der Waals surface area contributed by atoms with Crippen molar-refractivity contribution in [3.05, 3.63) is 51.1 Å². The molecule has 0 atom stereocenters. The standard InChI is InChI=1S/C12H9BrN4O/c1-7-2-3-10(9(13)4-7)17-11-8(5-16-17)12(18)15-6-14-11/h2-6H,1H3,(H,14,15,18). The molecule has 2 heterocycles. The third kappa shape index (κ3) is 1.65. The van der Waals surface area contributed by atoms with Crippen LogP contribution in [0.5, 0.6) is 0 Å². The van der Waals surface area contributed by atoms with E-state index >= 15 is 0 Å². The molecule has 0 aliphatic carbocycles. The van der Waals surface area contributed by atoms with Gasteiger partial charge >= 0.3 is 0 Å². The maximum absolute atomic E-state index is 11.6. The van der Waals surface area contributed by atoms with Crippen molar-refractivity contribution in [3.63, 3.8) is 0 Å². The molecule has 18 heavy (non-hydrogen) atoms. The summed E-state index contributed by atoms with van der Waals surface area (Å²) in [5.74, 6) is 0. The lowest BCUT2D eigenvalue weighted by Gasteiger charge is -2.06. The van der Waals surface area contributed by atoms with Crippen LogP contribution < -0.4 is 5.56 Å². The van der Waals surface area contributed by atoms with Crippen molar-refractivity contribution in [1.29, 1.82) is 0 Å². The molecule has 2 aromatic heterocycles. The third-order valence-electron chi connectivity index (χ3n) is 2.70. The zero-order valence-corrected chi connectivity index (χ0v) is 11.1. The van der Waals surface area contributed by atoms with Crippen molar-refractivity contribution in [3.8, 4) is 5.69 Å². The van der Waals surface area contributed by atoms with Gasteiger partial charge in [-0.05, 0) is 40.5 Å². The molecule has 0 saturated heterocycles. The molecule has 0 aliphatic heterocycles. The number of nitrogens with zero attached hydrogens (tertiary/aromatic N) is 3. The van der Waals surface area contributed by atoms with E-state index in [1.807, 2.05) is 25.1 Å². The minimum atomic E-state index is -0.186. The summed E-state index contributed by atoms with van der Waals surface area (Å²) in [7, 11) is 0. The van der Waals surface area contributed by atoms with E-state index in [0.29, 0.717) is 11.0 Å². The summed E-state index contributed by atoms with van der Waals surface area (Å²) in [5.41, 5.74) is 2.36. The highest BCUT2D eigenvalue weighted by atomic mass is 79.9. The minimum absolute atomic E-state index is 0.186. The normalized spacial score (nSPS) is 11.0. The van der Waals surface area contributed by atoms with Crippen LogP contribution >= 0.6 is 15.9 Å². The molecule has 0 amide bonds. The zero-order valence-electron chi connectivity index (χ0n) is 9.51. The van der Waals surface area contributed by atoms with Gasteiger partial charge in [-0.3, -0.25) is 4.79 Å². The molecule has 1 N–H and O–H groups in total. The Bertz CT molecular complexity index is 790. The molecule has 5 nitrogen and oxygen atoms in total. The van der Waals surface area contributed by atoms with Gasteiger partial charge in [0.2, 0.25) is 0 Å². The molecule has 90 valence electrons. The van der Waals surface area contributed by atoms with Crippen LogP contribution in [-0.4, -0.2) is 19.7 Å².